The number of pyridine rings is 1. The third-order valence-electron chi connectivity index (χ3n) is 4.18. The first kappa shape index (κ1) is 17.2. The van der Waals surface area contributed by atoms with Gasteiger partial charge >= 0.3 is 0 Å². The van der Waals surface area contributed by atoms with Crippen molar-refractivity contribution in [3.05, 3.63) is 48.3 Å². The molecule has 24 heavy (non-hydrogen) atoms. The number of nitrogens with two attached hydrogens (primary N) is 1. The number of ether oxygens (including phenoxy) is 1. The highest BCUT2D eigenvalue weighted by atomic mass is 32.2. The quantitative estimate of drug-likeness (QED) is 0.862. The Morgan fingerprint density at radius 2 is 1.79 bits per heavy atom. The Hall–Kier alpha value is -1.60. The Balaban J connectivity index is 1.59. The van der Waals surface area contributed by atoms with E-state index >= 15 is 0 Å². The molecule has 0 bridgehead atoms. The van der Waals surface area contributed by atoms with E-state index in [1.54, 1.807) is 0 Å². The van der Waals surface area contributed by atoms with E-state index in [0.29, 0.717) is 12.3 Å². The zero-order valence-electron chi connectivity index (χ0n) is 13.7. The monoisotopic (exact) mass is 345 g/mol. The molecule has 0 amide bonds. The van der Waals surface area contributed by atoms with Crippen LogP contribution in [0.1, 0.15) is 5.69 Å². The van der Waals surface area contributed by atoms with Gasteiger partial charge in [-0.25, -0.2) is 0 Å². The molecule has 0 spiro atoms. The van der Waals surface area contributed by atoms with Gasteiger partial charge in [0.15, 0.2) is 0 Å². The molecule has 2 aromatic rings. The second kappa shape index (κ2) is 8.48. The van der Waals surface area contributed by atoms with Crippen LogP contribution in [0.5, 0.6) is 0 Å². The maximum atomic E-state index is 12.4. The van der Waals surface area contributed by atoms with E-state index in [4.69, 9.17) is 10.5 Å². The minimum absolute atomic E-state index is 0.446. The fourth-order valence-corrected chi connectivity index (χ4v) is 3.77. The highest BCUT2D eigenvalue weighted by Crippen LogP contribution is 2.20. The van der Waals surface area contributed by atoms with Crippen LogP contribution in [-0.2, 0) is 22.1 Å². The van der Waals surface area contributed by atoms with Crippen molar-refractivity contribution >= 4 is 10.8 Å². The smallest absolute Gasteiger partial charge is 0.0594 e. The van der Waals surface area contributed by atoms with Gasteiger partial charge in [0.1, 0.15) is 0 Å². The first-order valence-corrected chi connectivity index (χ1v) is 9.52. The van der Waals surface area contributed by atoms with E-state index in [1.165, 1.54) is 0 Å². The van der Waals surface area contributed by atoms with Crippen molar-refractivity contribution in [2.75, 3.05) is 38.6 Å². The van der Waals surface area contributed by atoms with Gasteiger partial charge in [0.05, 0.1) is 29.7 Å². The maximum absolute atomic E-state index is 12.4. The molecular weight excluding hydrogens is 322 g/mol. The van der Waals surface area contributed by atoms with Gasteiger partial charge in [-0.15, -0.1) is 0 Å². The average Bonchev–Trinajstić information content (AvgIpc) is 2.67. The number of benzene rings is 1. The molecule has 1 saturated heterocycles. The Labute approximate surface area is 145 Å². The molecule has 0 aliphatic carbocycles. The number of hydrogen-bond donors (Lipinski definition) is 1. The third-order valence-corrected chi connectivity index (χ3v) is 5.53. The fourth-order valence-electron chi connectivity index (χ4n) is 2.67. The summed E-state index contributed by atoms with van der Waals surface area (Å²) in [5.41, 5.74) is 8.55. The molecular formula is C18H23N3O2S. The molecule has 1 aromatic heterocycles. The van der Waals surface area contributed by atoms with Crippen LogP contribution in [0, 0.1) is 0 Å². The van der Waals surface area contributed by atoms with Crippen molar-refractivity contribution in [1.29, 1.82) is 0 Å². The van der Waals surface area contributed by atoms with Gasteiger partial charge in [0, 0.05) is 48.6 Å². The van der Waals surface area contributed by atoms with Crippen LogP contribution in [0.25, 0.3) is 11.1 Å². The maximum Gasteiger partial charge on any atom is 0.0594 e. The Morgan fingerprint density at radius 3 is 2.42 bits per heavy atom. The van der Waals surface area contributed by atoms with E-state index in [1.807, 2.05) is 42.6 Å². The normalized spacial score (nSPS) is 16.9. The molecule has 1 atom stereocenters. The third kappa shape index (κ3) is 4.48. The van der Waals surface area contributed by atoms with Crippen molar-refractivity contribution in [2.24, 2.45) is 5.73 Å². The van der Waals surface area contributed by atoms with Gasteiger partial charge < -0.3 is 10.5 Å². The van der Waals surface area contributed by atoms with Crippen molar-refractivity contribution in [1.82, 2.24) is 9.88 Å². The van der Waals surface area contributed by atoms with Gasteiger partial charge in [-0.1, -0.05) is 18.2 Å². The SMILES string of the molecule is NCc1ccc(-c2ccc([S@@](=O)CCN3CCOCC3)cc2)cn1. The van der Waals surface area contributed by atoms with Crippen LogP contribution in [0.15, 0.2) is 47.5 Å². The molecule has 1 fully saturated rings. The molecule has 3 rings (SSSR count). The molecule has 1 aliphatic rings. The second-order valence-corrected chi connectivity index (χ2v) is 7.34. The van der Waals surface area contributed by atoms with E-state index in [2.05, 4.69) is 9.88 Å². The summed E-state index contributed by atoms with van der Waals surface area (Å²) in [6.45, 7) is 4.71. The summed E-state index contributed by atoms with van der Waals surface area (Å²) in [5.74, 6) is 0.659. The number of morpholine rings is 1. The summed E-state index contributed by atoms with van der Waals surface area (Å²) in [4.78, 5) is 7.49. The summed E-state index contributed by atoms with van der Waals surface area (Å²) < 4.78 is 17.8. The van der Waals surface area contributed by atoms with Crippen molar-refractivity contribution in [3.63, 3.8) is 0 Å². The van der Waals surface area contributed by atoms with Crippen LogP contribution in [0.2, 0.25) is 0 Å². The van der Waals surface area contributed by atoms with Crippen molar-refractivity contribution < 1.29 is 8.95 Å². The van der Waals surface area contributed by atoms with E-state index in [-0.39, 0.29) is 0 Å². The zero-order valence-corrected chi connectivity index (χ0v) is 14.5. The van der Waals surface area contributed by atoms with Gasteiger partial charge in [-0.3, -0.25) is 14.1 Å². The summed E-state index contributed by atoms with van der Waals surface area (Å²) >= 11 is 0. The van der Waals surface area contributed by atoms with E-state index in [9.17, 15) is 4.21 Å². The molecule has 0 unspecified atom stereocenters. The highest BCUT2D eigenvalue weighted by Gasteiger charge is 2.12. The standard InChI is InChI=1S/C18H23N3O2S/c19-13-17-4-1-16(14-20-17)15-2-5-18(6-3-15)24(22)12-9-21-7-10-23-11-8-21/h1-6,14H,7-13,19H2/t24-/m0/s1. The van der Waals surface area contributed by atoms with Crippen molar-refractivity contribution in [2.45, 2.75) is 11.4 Å². The Kier molecular flexibility index (Phi) is 6.09. The lowest BCUT2D eigenvalue weighted by molar-refractivity contribution is 0.0409. The molecule has 128 valence electrons. The minimum atomic E-state index is -0.969. The van der Waals surface area contributed by atoms with E-state index < -0.39 is 10.8 Å². The van der Waals surface area contributed by atoms with Crippen LogP contribution >= 0.6 is 0 Å². The second-order valence-electron chi connectivity index (χ2n) is 5.77. The average molecular weight is 345 g/mol. The molecule has 2 heterocycles. The van der Waals surface area contributed by atoms with Gasteiger partial charge in [0.2, 0.25) is 0 Å². The molecule has 0 radical (unpaired) electrons. The Morgan fingerprint density at radius 1 is 1.08 bits per heavy atom. The molecule has 2 N–H and O–H groups in total. The number of aromatic nitrogens is 1. The number of rotatable bonds is 6. The van der Waals surface area contributed by atoms with Crippen LogP contribution < -0.4 is 5.73 Å². The van der Waals surface area contributed by atoms with Crippen LogP contribution in [-0.4, -0.2) is 52.7 Å². The highest BCUT2D eigenvalue weighted by molar-refractivity contribution is 7.85. The molecule has 1 aliphatic heterocycles. The lowest BCUT2D eigenvalue weighted by atomic mass is 10.1. The van der Waals surface area contributed by atoms with Crippen molar-refractivity contribution in [3.8, 4) is 11.1 Å². The van der Waals surface area contributed by atoms with Crippen LogP contribution in [0.4, 0.5) is 0 Å². The minimum Gasteiger partial charge on any atom is -0.379 e. The molecule has 6 heteroatoms. The van der Waals surface area contributed by atoms with Gasteiger partial charge in [0.25, 0.3) is 0 Å². The lowest BCUT2D eigenvalue weighted by Gasteiger charge is -2.26. The fraction of sp³-hybridized carbons (Fsp3) is 0.389. The summed E-state index contributed by atoms with van der Waals surface area (Å²) in [7, 11) is -0.969. The first-order chi connectivity index (χ1) is 11.8. The predicted octanol–water partition coefficient (Wildman–Crippen LogP) is 1.65. The van der Waals surface area contributed by atoms with Crippen LogP contribution in [0.3, 0.4) is 0 Å². The van der Waals surface area contributed by atoms with Gasteiger partial charge in [-0.2, -0.15) is 0 Å². The van der Waals surface area contributed by atoms with Gasteiger partial charge in [-0.05, 0) is 23.8 Å². The largest absolute Gasteiger partial charge is 0.379 e. The number of nitrogens with zero attached hydrogens (tertiary/aromatic N) is 2. The zero-order chi connectivity index (χ0) is 16.8. The van der Waals surface area contributed by atoms with E-state index in [0.717, 1.165) is 54.6 Å². The first-order valence-electron chi connectivity index (χ1n) is 8.20. The molecule has 1 aromatic carbocycles. The summed E-state index contributed by atoms with van der Waals surface area (Å²) in [6, 6.07) is 11.8. The predicted molar refractivity (Wildman–Crippen MR) is 96.1 cm³/mol. The lowest BCUT2D eigenvalue weighted by Crippen LogP contribution is -2.38. The number of hydrogen-bond acceptors (Lipinski definition) is 5. The molecule has 5 nitrogen and oxygen atoms in total. The summed E-state index contributed by atoms with van der Waals surface area (Å²) in [6.07, 6.45) is 1.83. The molecule has 0 saturated carbocycles. The summed E-state index contributed by atoms with van der Waals surface area (Å²) in [5, 5.41) is 0. The Bertz CT molecular complexity index is 668. The topological polar surface area (TPSA) is 68.5 Å².